The number of hydrogen-bond donors (Lipinski definition) is 2. The Hall–Kier alpha value is -3.48. The maximum atomic E-state index is 12.8. The predicted molar refractivity (Wildman–Crippen MR) is 130 cm³/mol. The zero-order chi connectivity index (χ0) is 24.0. The number of hydrogen-bond acceptors (Lipinski definition) is 5. The van der Waals surface area contributed by atoms with Crippen LogP contribution >= 0.6 is 0 Å². The van der Waals surface area contributed by atoms with Gasteiger partial charge in [0.15, 0.2) is 11.5 Å². The Balaban J connectivity index is 1.33. The maximum Gasteiger partial charge on any atom is 0.244 e. The molecule has 0 radical (unpaired) electrons. The highest BCUT2D eigenvalue weighted by Gasteiger charge is 2.37. The SMILES string of the molecule is COc1ccc(/C=C/C(=O)NC(C)C(=O)NCC2(c3ccc4c(c3)OCCO4)CCCC2)cc1. The third-order valence-electron chi connectivity index (χ3n) is 6.61. The van der Waals surface area contributed by atoms with E-state index in [0.717, 1.165) is 54.1 Å². The molecule has 2 aromatic carbocycles. The molecule has 34 heavy (non-hydrogen) atoms. The van der Waals surface area contributed by atoms with Gasteiger partial charge in [0.2, 0.25) is 11.8 Å². The minimum atomic E-state index is -0.647. The number of carbonyl (C=O) groups is 2. The molecule has 1 aliphatic heterocycles. The van der Waals surface area contributed by atoms with Gasteiger partial charge in [-0.25, -0.2) is 0 Å². The third-order valence-corrected chi connectivity index (χ3v) is 6.61. The first-order valence-corrected chi connectivity index (χ1v) is 11.8. The van der Waals surface area contributed by atoms with Crippen LogP contribution in [0.3, 0.4) is 0 Å². The Bertz CT molecular complexity index is 1040. The zero-order valence-corrected chi connectivity index (χ0v) is 19.8. The topological polar surface area (TPSA) is 85.9 Å². The van der Waals surface area contributed by atoms with E-state index >= 15 is 0 Å². The van der Waals surface area contributed by atoms with Crippen LogP contribution in [-0.4, -0.2) is 44.7 Å². The van der Waals surface area contributed by atoms with E-state index in [1.165, 1.54) is 6.08 Å². The quantitative estimate of drug-likeness (QED) is 0.583. The minimum absolute atomic E-state index is 0.135. The van der Waals surface area contributed by atoms with Crippen molar-refractivity contribution < 1.29 is 23.8 Å². The first-order valence-electron chi connectivity index (χ1n) is 11.8. The van der Waals surface area contributed by atoms with Gasteiger partial charge in [0.05, 0.1) is 7.11 Å². The van der Waals surface area contributed by atoms with Crippen molar-refractivity contribution in [1.82, 2.24) is 10.6 Å². The number of nitrogens with one attached hydrogen (secondary N) is 2. The van der Waals surface area contributed by atoms with Gasteiger partial charge >= 0.3 is 0 Å². The van der Waals surface area contributed by atoms with Crippen LogP contribution in [0.25, 0.3) is 6.08 Å². The Morgan fingerprint density at radius 2 is 1.76 bits per heavy atom. The highest BCUT2D eigenvalue weighted by Crippen LogP contribution is 2.43. The fourth-order valence-corrected chi connectivity index (χ4v) is 4.62. The number of carbonyl (C=O) groups excluding carboxylic acids is 2. The summed E-state index contributed by atoms with van der Waals surface area (Å²) in [6.45, 7) is 3.32. The molecule has 0 aromatic heterocycles. The van der Waals surface area contributed by atoms with Crippen molar-refractivity contribution in [1.29, 1.82) is 0 Å². The second-order valence-corrected chi connectivity index (χ2v) is 8.90. The normalized spacial score (nSPS) is 17.2. The second-order valence-electron chi connectivity index (χ2n) is 8.90. The average molecular weight is 465 g/mol. The van der Waals surface area contributed by atoms with Crippen LogP contribution < -0.4 is 24.8 Å². The van der Waals surface area contributed by atoms with Crippen molar-refractivity contribution in [3.63, 3.8) is 0 Å². The van der Waals surface area contributed by atoms with Gasteiger partial charge in [-0.2, -0.15) is 0 Å². The summed E-state index contributed by atoms with van der Waals surface area (Å²) in [7, 11) is 1.61. The molecule has 2 aliphatic rings. The molecule has 2 N–H and O–H groups in total. The molecule has 7 heteroatoms. The molecule has 2 aromatic rings. The van der Waals surface area contributed by atoms with Gasteiger partial charge in [-0.3, -0.25) is 9.59 Å². The molecule has 0 spiro atoms. The van der Waals surface area contributed by atoms with Gasteiger partial charge in [-0.1, -0.05) is 31.0 Å². The summed E-state index contributed by atoms with van der Waals surface area (Å²) in [6.07, 6.45) is 7.37. The summed E-state index contributed by atoms with van der Waals surface area (Å²) in [5, 5.41) is 5.81. The molecule has 1 fully saturated rings. The van der Waals surface area contributed by atoms with Crippen molar-refractivity contribution >= 4 is 17.9 Å². The van der Waals surface area contributed by atoms with Gasteiger partial charge in [0.25, 0.3) is 0 Å². The number of rotatable bonds is 8. The van der Waals surface area contributed by atoms with E-state index in [1.54, 1.807) is 20.1 Å². The molecule has 0 saturated heterocycles. The second kappa shape index (κ2) is 10.6. The van der Waals surface area contributed by atoms with Gasteiger partial charge in [-0.15, -0.1) is 0 Å². The summed E-state index contributed by atoms with van der Waals surface area (Å²) in [6, 6.07) is 12.8. The first kappa shape index (κ1) is 23.7. The molecule has 2 amide bonds. The van der Waals surface area contributed by atoms with E-state index < -0.39 is 6.04 Å². The number of fused-ring (bicyclic) bond motifs is 1. The Morgan fingerprint density at radius 1 is 1.06 bits per heavy atom. The number of methoxy groups -OCH3 is 1. The number of amides is 2. The van der Waals surface area contributed by atoms with E-state index in [0.29, 0.717) is 19.8 Å². The lowest BCUT2D eigenvalue weighted by Crippen LogP contribution is -2.48. The maximum absolute atomic E-state index is 12.8. The molecule has 0 bridgehead atoms. The van der Waals surface area contributed by atoms with Crippen LogP contribution in [0.4, 0.5) is 0 Å². The van der Waals surface area contributed by atoms with Crippen LogP contribution in [0.1, 0.15) is 43.7 Å². The van der Waals surface area contributed by atoms with Gasteiger partial charge < -0.3 is 24.8 Å². The van der Waals surface area contributed by atoms with Crippen molar-refractivity contribution in [2.75, 3.05) is 26.9 Å². The third kappa shape index (κ3) is 5.53. The lowest BCUT2D eigenvalue weighted by atomic mass is 9.78. The summed E-state index contributed by atoms with van der Waals surface area (Å²) >= 11 is 0. The fraction of sp³-hybridized carbons (Fsp3) is 0.407. The van der Waals surface area contributed by atoms with Crippen molar-refractivity contribution in [3.05, 3.63) is 59.7 Å². The molecule has 7 nitrogen and oxygen atoms in total. The van der Waals surface area contributed by atoms with E-state index in [-0.39, 0.29) is 17.2 Å². The Kier molecular flexibility index (Phi) is 7.40. The minimum Gasteiger partial charge on any atom is -0.497 e. The van der Waals surface area contributed by atoms with E-state index in [4.69, 9.17) is 14.2 Å². The van der Waals surface area contributed by atoms with Crippen molar-refractivity contribution in [2.24, 2.45) is 0 Å². The van der Waals surface area contributed by atoms with Gasteiger partial charge in [-0.05, 0) is 61.2 Å². The summed E-state index contributed by atoms with van der Waals surface area (Å²) in [5.74, 6) is 1.77. The summed E-state index contributed by atoms with van der Waals surface area (Å²) < 4.78 is 16.6. The van der Waals surface area contributed by atoms with Crippen LogP contribution in [0.2, 0.25) is 0 Å². The monoisotopic (exact) mass is 464 g/mol. The molecular formula is C27H32N2O5. The number of ether oxygens (including phenoxy) is 3. The van der Waals surface area contributed by atoms with Crippen LogP contribution in [0, 0.1) is 0 Å². The summed E-state index contributed by atoms with van der Waals surface area (Å²) in [4.78, 5) is 25.1. The van der Waals surface area contributed by atoms with E-state index in [1.807, 2.05) is 30.3 Å². The summed E-state index contributed by atoms with van der Waals surface area (Å²) in [5.41, 5.74) is 1.90. The number of benzene rings is 2. The van der Waals surface area contributed by atoms with E-state index in [2.05, 4.69) is 22.8 Å². The highest BCUT2D eigenvalue weighted by atomic mass is 16.6. The van der Waals surface area contributed by atoms with Gasteiger partial charge in [0.1, 0.15) is 25.0 Å². The van der Waals surface area contributed by atoms with Crippen molar-refractivity contribution in [3.8, 4) is 17.2 Å². The molecule has 1 heterocycles. The van der Waals surface area contributed by atoms with Crippen LogP contribution in [-0.2, 0) is 15.0 Å². The Morgan fingerprint density at radius 3 is 2.47 bits per heavy atom. The first-order chi connectivity index (χ1) is 16.5. The standard InChI is InChI=1S/C27H32N2O5/c1-19(29-25(30)12-7-20-5-9-22(32-2)10-6-20)26(31)28-18-27(13-3-4-14-27)21-8-11-23-24(17-21)34-16-15-33-23/h5-12,17,19H,3-4,13-16,18H2,1-2H3,(H,28,31)(H,29,30)/b12-7+. The average Bonchev–Trinajstić information content (AvgIpc) is 3.36. The lowest BCUT2D eigenvalue weighted by Gasteiger charge is -2.32. The zero-order valence-electron chi connectivity index (χ0n) is 19.8. The molecule has 1 unspecified atom stereocenters. The van der Waals surface area contributed by atoms with Crippen molar-refractivity contribution in [2.45, 2.75) is 44.1 Å². The molecular weight excluding hydrogens is 432 g/mol. The van der Waals surface area contributed by atoms with E-state index in [9.17, 15) is 9.59 Å². The highest BCUT2D eigenvalue weighted by molar-refractivity contribution is 5.95. The Labute approximate surface area is 200 Å². The molecule has 4 rings (SSSR count). The molecule has 1 atom stereocenters. The largest absolute Gasteiger partial charge is 0.497 e. The predicted octanol–water partition coefficient (Wildman–Crippen LogP) is 3.61. The molecule has 1 saturated carbocycles. The molecule has 1 aliphatic carbocycles. The smallest absolute Gasteiger partial charge is 0.244 e. The van der Waals surface area contributed by atoms with Crippen LogP contribution in [0.15, 0.2) is 48.5 Å². The van der Waals surface area contributed by atoms with Crippen LogP contribution in [0.5, 0.6) is 17.2 Å². The fourth-order valence-electron chi connectivity index (χ4n) is 4.62. The lowest BCUT2D eigenvalue weighted by molar-refractivity contribution is -0.126. The molecule has 180 valence electrons. The van der Waals surface area contributed by atoms with Gasteiger partial charge in [0, 0.05) is 18.0 Å².